The van der Waals surface area contributed by atoms with Crippen molar-refractivity contribution in [3.05, 3.63) is 102 Å². The molecule has 0 saturated carbocycles. The van der Waals surface area contributed by atoms with Crippen molar-refractivity contribution >= 4 is 33.3 Å². The van der Waals surface area contributed by atoms with Crippen LogP contribution in [0.2, 0.25) is 0 Å². The van der Waals surface area contributed by atoms with E-state index in [0.717, 1.165) is 49.9 Å². The Labute approximate surface area is 186 Å². The molecule has 4 heteroatoms. The Hall–Kier alpha value is -4.18. The largest absolute Gasteiger partial charge is 0.497 e. The number of carbonyl (C=O) groups is 1. The summed E-state index contributed by atoms with van der Waals surface area (Å²) in [4.78, 5) is 18.4. The highest BCUT2D eigenvalue weighted by Crippen LogP contribution is 2.31. The van der Waals surface area contributed by atoms with Crippen molar-refractivity contribution in [1.29, 1.82) is 0 Å². The number of aromatic nitrogens is 1. The van der Waals surface area contributed by atoms with Gasteiger partial charge in [0.05, 0.1) is 23.9 Å². The van der Waals surface area contributed by atoms with Crippen molar-refractivity contribution in [1.82, 2.24) is 4.98 Å². The van der Waals surface area contributed by atoms with E-state index in [0.29, 0.717) is 5.56 Å². The Kier molecular flexibility index (Phi) is 5.04. The lowest BCUT2D eigenvalue weighted by molar-refractivity contribution is 0.102. The molecule has 1 aromatic heterocycles. The Morgan fingerprint density at radius 3 is 2.34 bits per heavy atom. The normalized spacial score (nSPS) is 10.9. The number of nitrogens with zero attached hydrogens (tertiary/aromatic N) is 1. The number of anilines is 1. The lowest BCUT2D eigenvalue weighted by Crippen LogP contribution is -2.15. The van der Waals surface area contributed by atoms with Gasteiger partial charge in [-0.05, 0) is 65.7 Å². The quantitative estimate of drug-likeness (QED) is 0.357. The van der Waals surface area contributed by atoms with Crippen molar-refractivity contribution in [3.8, 4) is 17.0 Å². The van der Waals surface area contributed by atoms with E-state index in [9.17, 15) is 4.79 Å². The second-order valence-corrected chi connectivity index (χ2v) is 7.72. The number of benzene rings is 4. The Morgan fingerprint density at radius 2 is 1.56 bits per heavy atom. The highest BCUT2D eigenvalue weighted by atomic mass is 16.5. The number of nitrogens with one attached hydrogen (secondary N) is 1. The average Bonchev–Trinajstić information content (AvgIpc) is 2.83. The summed E-state index contributed by atoms with van der Waals surface area (Å²) in [6.07, 6.45) is 0. The van der Waals surface area contributed by atoms with E-state index in [4.69, 9.17) is 9.72 Å². The molecule has 0 radical (unpaired) electrons. The minimum atomic E-state index is -0.147. The van der Waals surface area contributed by atoms with Crippen LogP contribution in [-0.2, 0) is 0 Å². The second kappa shape index (κ2) is 8.16. The van der Waals surface area contributed by atoms with Gasteiger partial charge in [-0.3, -0.25) is 4.79 Å². The summed E-state index contributed by atoms with van der Waals surface area (Å²) in [5.41, 5.74) is 4.75. The molecule has 1 heterocycles. The second-order valence-electron chi connectivity index (χ2n) is 7.72. The number of amides is 1. The molecule has 156 valence electrons. The summed E-state index contributed by atoms with van der Waals surface area (Å²) in [6, 6.07) is 29.5. The fraction of sp³-hybridized carbons (Fsp3) is 0.0714. The fourth-order valence-corrected chi connectivity index (χ4v) is 4.09. The average molecular weight is 418 g/mol. The van der Waals surface area contributed by atoms with Gasteiger partial charge in [-0.2, -0.15) is 0 Å². The Morgan fingerprint density at radius 1 is 0.844 bits per heavy atom. The number of fused-ring (bicyclic) bond motifs is 2. The topological polar surface area (TPSA) is 51.2 Å². The van der Waals surface area contributed by atoms with Crippen molar-refractivity contribution < 1.29 is 9.53 Å². The minimum Gasteiger partial charge on any atom is -0.497 e. The number of hydrogen-bond donors (Lipinski definition) is 1. The summed E-state index contributed by atoms with van der Waals surface area (Å²) in [5, 5.41) is 6.15. The number of hydrogen-bond acceptors (Lipinski definition) is 3. The van der Waals surface area contributed by atoms with Crippen LogP contribution in [0.25, 0.3) is 32.9 Å². The molecular weight excluding hydrogens is 396 g/mol. The molecule has 0 saturated heterocycles. The molecule has 0 bridgehead atoms. The SMILES string of the molecule is COc1ccc(-c2nc3ccccc3c(C(=O)Nc3ccc4ccccc4c3)c2C)cc1. The molecule has 4 aromatic carbocycles. The van der Waals surface area contributed by atoms with E-state index in [1.807, 2.05) is 91.9 Å². The molecule has 0 aliphatic carbocycles. The van der Waals surface area contributed by atoms with E-state index in [2.05, 4.69) is 11.4 Å². The molecule has 0 aliphatic heterocycles. The standard InChI is InChI=1S/C28H22N2O2/c1-18-26(28(31)29-22-14-11-19-7-3-4-8-21(19)17-22)24-9-5-6-10-25(24)30-27(18)20-12-15-23(32-2)16-13-20/h3-17H,1-2H3,(H,29,31). The Balaban J connectivity index is 1.61. The molecule has 5 rings (SSSR count). The van der Waals surface area contributed by atoms with Crippen LogP contribution in [0.1, 0.15) is 15.9 Å². The number of ether oxygens (including phenoxy) is 1. The van der Waals surface area contributed by atoms with Gasteiger partial charge in [0.1, 0.15) is 5.75 Å². The van der Waals surface area contributed by atoms with Gasteiger partial charge in [-0.1, -0.05) is 48.5 Å². The number of carbonyl (C=O) groups excluding carboxylic acids is 1. The van der Waals surface area contributed by atoms with Gasteiger partial charge >= 0.3 is 0 Å². The van der Waals surface area contributed by atoms with Crippen LogP contribution in [0.15, 0.2) is 91.0 Å². The van der Waals surface area contributed by atoms with E-state index in [1.165, 1.54) is 0 Å². The van der Waals surface area contributed by atoms with Crippen LogP contribution in [0, 0.1) is 6.92 Å². The zero-order chi connectivity index (χ0) is 22.1. The zero-order valence-corrected chi connectivity index (χ0v) is 17.9. The summed E-state index contributed by atoms with van der Waals surface area (Å²) in [5.74, 6) is 0.632. The molecule has 5 aromatic rings. The summed E-state index contributed by atoms with van der Waals surface area (Å²) < 4.78 is 5.28. The lowest BCUT2D eigenvalue weighted by atomic mass is 9.97. The minimum absolute atomic E-state index is 0.147. The summed E-state index contributed by atoms with van der Waals surface area (Å²) in [7, 11) is 1.64. The Bertz CT molecular complexity index is 1460. The first-order chi connectivity index (χ1) is 15.6. The number of rotatable bonds is 4. The van der Waals surface area contributed by atoms with Crippen molar-refractivity contribution in [2.45, 2.75) is 6.92 Å². The summed E-state index contributed by atoms with van der Waals surface area (Å²) >= 11 is 0. The zero-order valence-electron chi connectivity index (χ0n) is 17.9. The van der Waals surface area contributed by atoms with Gasteiger partial charge < -0.3 is 10.1 Å². The number of methoxy groups -OCH3 is 1. The van der Waals surface area contributed by atoms with Crippen LogP contribution >= 0.6 is 0 Å². The van der Waals surface area contributed by atoms with Crippen LogP contribution in [-0.4, -0.2) is 18.0 Å². The third-order valence-electron chi connectivity index (χ3n) is 5.73. The third kappa shape index (κ3) is 3.56. The molecule has 4 nitrogen and oxygen atoms in total. The maximum atomic E-state index is 13.5. The molecule has 0 aliphatic rings. The first-order valence-corrected chi connectivity index (χ1v) is 10.5. The van der Waals surface area contributed by atoms with E-state index >= 15 is 0 Å². The molecule has 0 fully saturated rings. The molecular formula is C28H22N2O2. The molecule has 0 atom stereocenters. The highest BCUT2D eigenvalue weighted by molar-refractivity contribution is 6.14. The van der Waals surface area contributed by atoms with Crippen LogP contribution < -0.4 is 10.1 Å². The smallest absolute Gasteiger partial charge is 0.256 e. The molecule has 0 spiro atoms. The van der Waals surface area contributed by atoms with Crippen LogP contribution in [0.3, 0.4) is 0 Å². The molecule has 0 unspecified atom stereocenters. The monoisotopic (exact) mass is 418 g/mol. The first-order valence-electron chi connectivity index (χ1n) is 10.5. The number of pyridine rings is 1. The van der Waals surface area contributed by atoms with Gasteiger partial charge in [0.25, 0.3) is 5.91 Å². The number of para-hydroxylation sites is 1. The van der Waals surface area contributed by atoms with Crippen molar-refractivity contribution in [3.63, 3.8) is 0 Å². The van der Waals surface area contributed by atoms with Gasteiger partial charge in [-0.15, -0.1) is 0 Å². The predicted molar refractivity (Wildman–Crippen MR) is 130 cm³/mol. The predicted octanol–water partition coefficient (Wildman–Crippen LogP) is 6.62. The summed E-state index contributed by atoms with van der Waals surface area (Å²) in [6.45, 7) is 1.95. The first kappa shape index (κ1) is 19.8. The molecule has 1 amide bonds. The van der Waals surface area contributed by atoms with E-state index < -0.39 is 0 Å². The maximum absolute atomic E-state index is 13.5. The fourth-order valence-electron chi connectivity index (χ4n) is 4.09. The van der Waals surface area contributed by atoms with Crippen LogP contribution in [0.5, 0.6) is 5.75 Å². The van der Waals surface area contributed by atoms with Gasteiger partial charge in [-0.25, -0.2) is 4.98 Å². The van der Waals surface area contributed by atoms with E-state index in [-0.39, 0.29) is 5.91 Å². The highest BCUT2D eigenvalue weighted by Gasteiger charge is 2.19. The van der Waals surface area contributed by atoms with Gasteiger partial charge in [0.15, 0.2) is 0 Å². The maximum Gasteiger partial charge on any atom is 0.256 e. The van der Waals surface area contributed by atoms with Crippen LogP contribution in [0.4, 0.5) is 5.69 Å². The van der Waals surface area contributed by atoms with Gasteiger partial charge in [0, 0.05) is 16.6 Å². The third-order valence-corrected chi connectivity index (χ3v) is 5.73. The van der Waals surface area contributed by atoms with E-state index in [1.54, 1.807) is 7.11 Å². The van der Waals surface area contributed by atoms with Gasteiger partial charge in [0.2, 0.25) is 0 Å². The molecule has 32 heavy (non-hydrogen) atoms. The van der Waals surface area contributed by atoms with Crippen molar-refractivity contribution in [2.24, 2.45) is 0 Å². The van der Waals surface area contributed by atoms with Crippen molar-refractivity contribution in [2.75, 3.05) is 12.4 Å². The molecule has 1 N–H and O–H groups in total. The lowest BCUT2D eigenvalue weighted by Gasteiger charge is -2.15.